The molecule has 8 N–H and O–H groups in total. The van der Waals surface area contributed by atoms with Crippen molar-refractivity contribution in [3.63, 3.8) is 0 Å². The molecule has 2 aromatic heterocycles. The number of rotatable bonds is 30. The van der Waals surface area contributed by atoms with Gasteiger partial charge in [-0.15, -0.1) is 0 Å². The summed E-state index contributed by atoms with van der Waals surface area (Å²) < 4.78 is 19.0. The molecule has 0 radical (unpaired) electrons. The van der Waals surface area contributed by atoms with Crippen molar-refractivity contribution in [3.05, 3.63) is 205 Å². The molecule has 0 unspecified atom stereocenters. The van der Waals surface area contributed by atoms with Crippen LogP contribution in [0.4, 0.5) is 64.9 Å². The fourth-order valence-corrected chi connectivity index (χ4v) is 19.7. The monoisotopic (exact) mass is 1920 g/mol. The Labute approximate surface area is 819 Å². The number of carbonyl (C=O) groups excluding carboxylic acids is 12. The number of pyridine rings is 2. The summed E-state index contributed by atoms with van der Waals surface area (Å²) in [6.07, 6.45) is 9.06. The second-order valence-electron chi connectivity index (χ2n) is 38.4. The molecule has 12 atom stereocenters. The third-order valence-corrected chi connectivity index (χ3v) is 27.4. The van der Waals surface area contributed by atoms with Crippen LogP contribution in [0.1, 0.15) is 179 Å². The number of aromatic nitrogens is 2. The van der Waals surface area contributed by atoms with Gasteiger partial charge in [0.2, 0.25) is 47.3 Å². The van der Waals surface area contributed by atoms with E-state index in [4.69, 9.17) is 18.9 Å². The van der Waals surface area contributed by atoms with Gasteiger partial charge < -0.3 is 101 Å². The fraction of sp³-hybridized carbons (Fsp3) is 0.453. The number of alkyl carbamates (subject to hydrolysis) is 4. The summed E-state index contributed by atoms with van der Waals surface area (Å²) >= 11 is 0. The zero-order chi connectivity index (χ0) is 100. The van der Waals surface area contributed by atoms with Gasteiger partial charge >= 0.3 is 24.4 Å². The first-order chi connectivity index (χ1) is 67.1. The van der Waals surface area contributed by atoms with E-state index in [1.165, 1.54) is 28.4 Å². The summed E-state index contributed by atoms with van der Waals surface area (Å²) in [6.45, 7) is 16.4. The Morgan fingerprint density at radius 2 is 0.507 bits per heavy atom. The second kappa shape index (κ2) is 46.9. The molecule has 12 amide bonds. The average Bonchev–Trinajstić information content (AvgIpc) is 0.941. The number of likely N-dealkylation sites (tertiary alicyclic amines) is 4. The van der Waals surface area contributed by atoms with E-state index in [0.717, 1.165) is 93.2 Å². The molecule has 8 aromatic rings. The Morgan fingerprint density at radius 1 is 0.293 bits per heavy atom. The van der Waals surface area contributed by atoms with E-state index in [-0.39, 0.29) is 95.1 Å². The number of amides is 12. The molecule has 6 aliphatic rings. The van der Waals surface area contributed by atoms with E-state index in [9.17, 15) is 57.5 Å². The first-order valence-electron chi connectivity index (χ1n) is 48.4. The largest absolute Gasteiger partial charge is 0.453 e. The minimum atomic E-state index is -0.825. The quantitative estimate of drug-likeness (QED) is 0.0194. The molecule has 34 heteroatoms. The van der Waals surface area contributed by atoms with Crippen LogP contribution in [0.25, 0.3) is 22.3 Å². The summed E-state index contributed by atoms with van der Waals surface area (Å²) in [5.41, 5.74) is 12.9. The highest BCUT2D eigenvalue weighted by molar-refractivity contribution is 6.02. The smallest absolute Gasteiger partial charge is 0.407 e. The van der Waals surface area contributed by atoms with Crippen LogP contribution < -0.4 is 62.1 Å². The molecular formula is C106H134N18O16. The van der Waals surface area contributed by atoms with Crippen molar-refractivity contribution < 1.29 is 76.5 Å². The number of benzene rings is 6. The number of hydrogen-bond donors (Lipinski definition) is 8. The van der Waals surface area contributed by atoms with Gasteiger partial charge in [0.25, 0.3) is 0 Å². The summed E-state index contributed by atoms with van der Waals surface area (Å²) in [5, 5.41) is 22.7. The highest BCUT2D eigenvalue weighted by Gasteiger charge is 2.46. The minimum Gasteiger partial charge on any atom is -0.453 e. The van der Waals surface area contributed by atoms with E-state index in [1.54, 1.807) is 19.6 Å². The van der Waals surface area contributed by atoms with Crippen molar-refractivity contribution in [1.82, 2.24) is 50.8 Å². The maximum absolute atomic E-state index is 13.7. The predicted octanol–water partition coefficient (Wildman–Crippen LogP) is 15.0. The van der Waals surface area contributed by atoms with Crippen LogP contribution >= 0.6 is 0 Å². The minimum absolute atomic E-state index is 0.0199. The number of hydrogen-bond acceptors (Lipinski definition) is 22. The van der Waals surface area contributed by atoms with Crippen molar-refractivity contribution in [2.45, 2.75) is 205 Å². The molecule has 0 aliphatic carbocycles. The van der Waals surface area contributed by atoms with Crippen LogP contribution in [-0.4, -0.2) is 232 Å². The predicted molar refractivity (Wildman–Crippen MR) is 538 cm³/mol. The Kier molecular flexibility index (Phi) is 34.5. The van der Waals surface area contributed by atoms with Crippen LogP contribution in [0.2, 0.25) is 0 Å². The SMILES string of the molecule is COC(=O)N[C@H](C(=O)N1CCC[C@H]1C(=O)Nc1ccc([C@@H]2CC[C@@H](c3ccc(NC(=O)[C@@H]4CCCN4C(=O)[C@@H](NC(=O)OC)C(C)C)cc3)N2c2ccc(-c3ccc(N(C)C)nc3)cc2)cc1)C(C)C.COC(=O)N[C@H](C(=O)N1CCC[C@H]1C(=O)Nc1ccc([C@H]2CC[C@H](c3ccc(NC(=O)[C@@H]4CCCN4C(=O)[C@@H](NC(=O)OC)C(C)C)cc3)N2c2ccc(-c3ccc(N(C)C)nc3)cc2)cc1)C(C)C. The average molecular weight is 1920 g/mol. The third-order valence-electron chi connectivity index (χ3n) is 27.4. The lowest BCUT2D eigenvalue weighted by Crippen LogP contribution is -2.54. The van der Waals surface area contributed by atoms with E-state index < -0.39 is 72.7 Å². The number of methoxy groups -OCH3 is 4. The molecule has 34 nitrogen and oxygen atoms in total. The fourth-order valence-electron chi connectivity index (χ4n) is 19.7. The van der Waals surface area contributed by atoms with Crippen molar-refractivity contribution in [3.8, 4) is 22.3 Å². The Hall–Kier alpha value is -14.3. The van der Waals surface area contributed by atoms with E-state index in [1.807, 2.05) is 215 Å². The van der Waals surface area contributed by atoms with Gasteiger partial charge in [0.1, 0.15) is 60.0 Å². The molecule has 14 rings (SSSR count). The van der Waals surface area contributed by atoms with Crippen molar-refractivity contribution >= 4 is 117 Å². The van der Waals surface area contributed by atoms with Crippen LogP contribution in [0, 0.1) is 23.7 Å². The summed E-state index contributed by atoms with van der Waals surface area (Å²) in [6, 6.07) is 50.6. The molecular weight excluding hydrogens is 1780 g/mol. The Bertz CT molecular complexity index is 5060. The molecule has 744 valence electrons. The highest BCUT2D eigenvalue weighted by atomic mass is 16.6. The zero-order valence-electron chi connectivity index (χ0n) is 82.9. The molecule has 6 aromatic carbocycles. The molecule has 6 aliphatic heterocycles. The Balaban J connectivity index is 0.000000236. The zero-order valence-corrected chi connectivity index (χ0v) is 82.9. The number of nitrogens with zero attached hydrogens (tertiary/aromatic N) is 10. The van der Waals surface area contributed by atoms with Crippen molar-refractivity contribution in [2.75, 3.05) is 124 Å². The van der Waals surface area contributed by atoms with Gasteiger partial charge in [-0.05, 0) is 231 Å². The van der Waals surface area contributed by atoms with Gasteiger partial charge in [0.05, 0.1) is 52.6 Å². The maximum atomic E-state index is 13.7. The van der Waals surface area contributed by atoms with Crippen molar-refractivity contribution in [2.24, 2.45) is 23.7 Å². The second-order valence-corrected chi connectivity index (χ2v) is 38.4. The van der Waals surface area contributed by atoms with Gasteiger partial charge in [-0.25, -0.2) is 29.1 Å². The maximum Gasteiger partial charge on any atom is 0.407 e. The van der Waals surface area contributed by atoms with Gasteiger partial charge in [0.15, 0.2) is 0 Å². The highest BCUT2D eigenvalue weighted by Crippen LogP contribution is 2.50. The number of carbonyl (C=O) groups is 12. The van der Waals surface area contributed by atoms with E-state index in [2.05, 4.69) is 123 Å². The molecule has 8 heterocycles. The molecule has 140 heavy (non-hydrogen) atoms. The summed E-state index contributed by atoms with van der Waals surface area (Å²) in [4.78, 5) is 182. The van der Waals surface area contributed by atoms with E-state index in [0.29, 0.717) is 100 Å². The van der Waals surface area contributed by atoms with Crippen LogP contribution in [0.3, 0.4) is 0 Å². The van der Waals surface area contributed by atoms with Crippen molar-refractivity contribution in [1.29, 1.82) is 0 Å². The van der Waals surface area contributed by atoms with Gasteiger partial charge in [0, 0.05) is 112 Å². The lowest BCUT2D eigenvalue weighted by atomic mass is 10.0. The van der Waals surface area contributed by atoms with Gasteiger partial charge in [-0.2, -0.15) is 0 Å². The summed E-state index contributed by atoms with van der Waals surface area (Å²) in [5.74, 6) is -1.47. The number of nitrogens with one attached hydrogen (secondary N) is 8. The summed E-state index contributed by atoms with van der Waals surface area (Å²) in [7, 11) is 12.8. The topological polar surface area (TPSA) is 390 Å². The number of anilines is 8. The first-order valence-corrected chi connectivity index (χ1v) is 48.4. The molecule has 0 saturated carbocycles. The van der Waals surface area contributed by atoms with Gasteiger partial charge in [-0.3, -0.25) is 38.4 Å². The normalized spacial score (nSPS) is 19.7. The number of ether oxygens (including phenoxy) is 4. The molecule has 6 saturated heterocycles. The lowest BCUT2D eigenvalue weighted by molar-refractivity contribution is -0.139. The van der Waals surface area contributed by atoms with Gasteiger partial charge in [-0.1, -0.05) is 128 Å². The van der Waals surface area contributed by atoms with Crippen LogP contribution in [0.5, 0.6) is 0 Å². The molecule has 0 spiro atoms. The van der Waals surface area contributed by atoms with Crippen LogP contribution in [-0.2, 0) is 57.3 Å². The Morgan fingerprint density at radius 3 is 0.693 bits per heavy atom. The molecule has 0 bridgehead atoms. The standard InChI is InChI=1S/2C53H67N9O8/c2*1-32(2)46(57-52(67)69-7)50(65)60-29-9-11-43(60)48(63)55-38-20-13-35(14-21-38)41-26-27-42(62(41)40-24-17-34(18-25-40)37-19-28-45(54-31-37)59(5)6)36-15-22-39(23-16-36)56-49(64)44-12-10-30-61(44)51(66)47(33(3)4)58-53(68)70-8/h2*13-25,28,31-33,41-44,46-47H,9-12,26-27,29-30H2,1-8H3,(H,55,63)(H,56,64)(H,57,67)(H,58,68)/t41-,42-,43+,44+,46+,47+;41-,42-,43-,44-,46-,47-/m10/s1. The van der Waals surface area contributed by atoms with E-state index >= 15 is 0 Å². The molecule has 6 fully saturated rings. The van der Waals surface area contributed by atoms with Crippen LogP contribution in [0.15, 0.2) is 182 Å². The third kappa shape index (κ3) is 24.5. The lowest BCUT2D eigenvalue weighted by Gasteiger charge is -2.34. The first kappa shape index (κ1) is 103.